The van der Waals surface area contributed by atoms with Crippen molar-refractivity contribution in [3.8, 4) is 0 Å². The van der Waals surface area contributed by atoms with Gasteiger partial charge in [-0.2, -0.15) is 0 Å². The molecule has 0 bridgehead atoms. The van der Waals surface area contributed by atoms with Crippen molar-refractivity contribution < 1.29 is 14.4 Å². The van der Waals surface area contributed by atoms with E-state index in [9.17, 15) is 14.4 Å². The van der Waals surface area contributed by atoms with Crippen LogP contribution in [-0.2, 0) is 14.4 Å². The average Bonchev–Trinajstić information content (AvgIpc) is 2.87. The number of piperidine rings is 1. The molecule has 3 rings (SSSR count). The number of rotatable bonds is 3. The smallest absolute Gasteiger partial charge is 0.228 e. The third-order valence-electron chi connectivity index (χ3n) is 5.57. The van der Waals surface area contributed by atoms with Gasteiger partial charge >= 0.3 is 0 Å². The van der Waals surface area contributed by atoms with Crippen LogP contribution in [0.5, 0.6) is 0 Å². The number of carbonyl (C=O) groups excluding carboxylic acids is 3. The summed E-state index contributed by atoms with van der Waals surface area (Å²) in [6, 6.07) is 0. The highest BCUT2D eigenvalue weighted by atomic mass is 16.2. The number of amides is 3. The molecule has 3 amide bonds. The van der Waals surface area contributed by atoms with Crippen molar-refractivity contribution in [2.45, 2.75) is 51.4 Å². The van der Waals surface area contributed by atoms with Crippen molar-refractivity contribution in [2.24, 2.45) is 5.41 Å². The Balaban J connectivity index is 1.51. The molecule has 0 aromatic carbocycles. The quantitative estimate of drug-likeness (QED) is 0.840. The molecule has 3 aliphatic rings. The maximum Gasteiger partial charge on any atom is 0.228 e. The molecule has 1 atom stereocenters. The van der Waals surface area contributed by atoms with E-state index in [1.165, 1.54) is 0 Å². The Labute approximate surface area is 137 Å². The van der Waals surface area contributed by atoms with Crippen LogP contribution in [0, 0.1) is 5.41 Å². The molecule has 6 nitrogen and oxygen atoms in total. The summed E-state index contributed by atoms with van der Waals surface area (Å²) in [5.41, 5.74) is -0.355. The van der Waals surface area contributed by atoms with E-state index in [2.05, 4.69) is 5.32 Å². The molecule has 0 aromatic heterocycles. The highest BCUT2D eigenvalue weighted by Crippen LogP contribution is 2.37. The van der Waals surface area contributed by atoms with Crippen LogP contribution in [-0.4, -0.2) is 60.2 Å². The summed E-state index contributed by atoms with van der Waals surface area (Å²) in [4.78, 5) is 40.3. The van der Waals surface area contributed by atoms with E-state index in [0.29, 0.717) is 32.5 Å². The van der Waals surface area contributed by atoms with Crippen LogP contribution in [0.4, 0.5) is 0 Å². The molecule has 1 N–H and O–H groups in total. The van der Waals surface area contributed by atoms with Crippen molar-refractivity contribution in [3.63, 3.8) is 0 Å². The average molecular weight is 321 g/mol. The summed E-state index contributed by atoms with van der Waals surface area (Å²) in [5.74, 6) is 0.374. The monoisotopic (exact) mass is 321 g/mol. The number of nitrogens with one attached hydrogen (secondary N) is 1. The van der Waals surface area contributed by atoms with Gasteiger partial charge < -0.3 is 15.1 Å². The highest BCUT2D eigenvalue weighted by Gasteiger charge is 2.46. The standard InChI is InChI=1S/C17H27N3O3/c21-14-5-2-1-3-10-19(14)11-6-15(22)20-12-8-17(13-20)7-4-9-18-16(17)23/h1-13H2,(H,18,23)/t17-/m0/s1. The van der Waals surface area contributed by atoms with Crippen molar-refractivity contribution in [1.29, 1.82) is 0 Å². The molecule has 0 aliphatic carbocycles. The van der Waals surface area contributed by atoms with Crippen molar-refractivity contribution in [1.82, 2.24) is 15.1 Å². The molecule has 0 aromatic rings. The van der Waals surface area contributed by atoms with Gasteiger partial charge in [0.05, 0.1) is 5.41 Å². The van der Waals surface area contributed by atoms with Crippen LogP contribution in [0.25, 0.3) is 0 Å². The van der Waals surface area contributed by atoms with Gasteiger partial charge in [-0.05, 0) is 32.1 Å². The van der Waals surface area contributed by atoms with E-state index in [1.54, 1.807) is 0 Å². The van der Waals surface area contributed by atoms with Crippen molar-refractivity contribution in [2.75, 3.05) is 32.7 Å². The van der Waals surface area contributed by atoms with E-state index in [1.807, 2.05) is 9.80 Å². The Bertz CT molecular complexity index is 493. The molecule has 0 unspecified atom stereocenters. The zero-order valence-electron chi connectivity index (χ0n) is 13.8. The van der Waals surface area contributed by atoms with Gasteiger partial charge in [-0.25, -0.2) is 0 Å². The van der Waals surface area contributed by atoms with Gasteiger partial charge in [0.2, 0.25) is 17.7 Å². The first kappa shape index (κ1) is 16.3. The third-order valence-corrected chi connectivity index (χ3v) is 5.57. The maximum atomic E-state index is 12.5. The van der Waals surface area contributed by atoms with E-state index in [-0.39, 0.29) is 23.1 Å². The van der Waals surface area contributed by atoms with Crippen molar-refractivity contribution >= 4 is 17.7 Å². The van der Waals surface area contributed by atoms with Crippen LogP contribution >= 0.6 is 0 Å². The molecule has 6 heteroatoms. The summed E-state index contributed by atoms with van der Waals surface area (Å²) < 4.78 is 0. The number of carbonyl (C=O) groups is 3. The van der Waals surface area contributed by atoms with Gasteiger partial charge in [-0.15, -0.1) is 0 Å². The Kier molecular flexibility index (Phi) is 4.87. The lowest BCUT2D eigenvalue weighted by atomic mass is 9.79. The minimum atomic E-state index is -0.355. The second kappa shape index (κ2) is 6.89. The van der Waals surface area contributed by atoms with E-state index < -0.39 is 0 Å². The zero-order chi connectivity index (χ0) is 16.3. The second-order valence-corrected chi connectivity index (χ2v) is 7.15. The van der Waals surface area contributed by atoms with Crippen LogP contribution in [0.1, 0.15) is 51.4 Å². The fourth-order valence-electron chi connectivity index (χ4n) is 4.07. The molecule has 128 valence electrons. The molecular weight excluding hydrogens is 294 g/mol. The van der Waals surface area contributed by atoms with E-state index in [4.69, 9.17) is 0 Å². The summed E-state index contributed by atoms with van der Waals surface area (Å²) in [6.45, 7) is 3.27. The Morgan fingerprint density at radius 2 is 1.96 bits per heavy atom. The number of likely N-dealkylation sites (tertiary alicyclic amines) is 2. The normalized spacial score (nSPS) is 28.9. The lowest BCUT2D eigenvalue weighted by molar-refractivity contribution is -0.135. The van der Waals surface area contributed by atoms with Gasteiger partial charge in [0, 0.05) is 45.6 Å². The molecule has 3 saturated heterocycles. The first-order valence-corrected chi connectivity index (χ1v) is 8.95. The molecule has 0 radical (unpaired) electrons. The predicted molar refractivity (Wildman–Crippen MR) is 85.5 cm³/mol. The fraction of sp³-hybridized carbons (Fsp3) is 0.824. The van der Waals surface area contributed by atoms with Gasteiger partial charge in [-0.3, -0.25) is 14.4 Å². The van der Waals surface area contributed by atoms with Gasteiger partial charge in [-0.1, -0.05) is 6.42 Å². The Hall–Kier alpha value is -1.59. The maximum absolute atomic E-state index is 12.5. The van der Waals surface area contributed by atoms with Gasteiger partial charge in [0.1, 0.15) is 0 Å². The number of hydrogen-bond donors (Lipinski definition) is 1. The number of nitrogens with zero attached hydrogens (tertiary/aromatic N) is 2. The minimum absolute atomic E-state index is 0.0808. The van der Waals surface area contributed by atoms with Gasteiger partial charge in [0.15, 0.2) is 0 Å². The van der Waals surface area contributed by atoms with Crippen LogP contribution in [0.3, 0.4) is 0 Å². The van der Waals surface area contributed by atoms with E-state index in [0.717, 1.165) is 51.6 Å². The summed E-state index contributed by atoms with van der Waals surface area (Å²) in [7, 11) is 0. The summed E-state index contributed by atoms with van der Waals surface area (Å²) in [5, 5.41) is 2.94. The fourth-order valence-corrected chi connectivity index (χ4v) is 4.07. The van der Waals surface area contributed by atoms with Crippen LogP contribution in [0.15, 0.2) is 0 Å². The summed E-state index contributed by atoms with van der Waals surface area (Å²) >= 11 is 0. The highest BCUT2D eigenvalue weighted by molar-refractivity contribution is 5.86. The molecule has 0 saturated carbocycles. The molecular formula is C17H27N3O3. The first-order chi connectivity index (χ1) is 11.1. The van der Waals surface area contributed by atoms with Gasteiger partial charge in [0.25, 0.3) is 0 Å². The predicted octanol–water partition coefficient (Wildman–Crippen LogP) is 0.908. The van der Waals surface area contributed by atoms with Crippen molar-refractivity contribution in [3.05, 3.63) is 0 Å². The zero-order valence-corrected chi connectivity index (χ0v) is 13.8. The largest absolute Gasteiger partial charge is 0.356 e. The lowest BCUT2D eigenvalue weighted by Gasteiger charge is -2.32. The molecule has 1 spiro atoms. The molecule has 3 heterocycles. The topological polar surface area (TPSA) is 69.7 Å². The van der Waals surface area contributed by atoms with E-state index >= 15 is 0 Å². The van der Waals surface area contributed by atoms with Crippen LogP contribution < -0.4 is 5.32 Å². The Morgan fingerprint density at radius 1 is 1.09 bits per heavy atom. The molecule has 3 fully saturated rings. The number of hydrogen-bond acceptors (Lipinski definition) is 3. The lowest BCUT2D eigenvalue weighted by Crippen LogP contribution is -2.48. The SMILES string of the molecule is O=C1CCCCCN1CCC(=O)N1CC[C@@]2(CCCNC2=O)C1. The van der Waals surface area contributed by atoms with Crippen LogP contribution in [0.2, 0.25) is 0 Å². The Morgan fingerprint density at radius 3 is 2.78 bits per heavy atom. The molecule has 23 heavy (non-hydrogen) atoms. The summed E-state index contributed by atoms with van der Waals surface area (Å²) in [6.07, 6.45) is 6.74. The minimum Gasteiger partial charge on any atom is -0.356 e. The first-order valence-electron chi connectivity index (χ1n) is 8.95. The molecule has 3 aliphatic heterocycles. The second-order valence-electron chi connectivity index (χ2n) is 7.15. The third kappa shape index (κ3) is 3.51.